The Kier molecular flexibility index (Phi) is 4.89. The fourth-order valence-corrected chi connectivity index (χ4v) is 3.93. The summed E-state index contributed by atoms with van der Waals surface area (Å²) in [5.74, 6) is 0.0222. The van der Waals surface area contributed by atoms with Crippen LogP contribution in [0.25, 0.3) is 0 Å². The van der Waals surface area contributed by atoms with Gasteiger partial charge in [0.2, 0.25) is 12.7 Å². The highest BCUT2D eigenvalue weighted by molar-refractivity contribution is 6.23. The number of carbonyl (C=O) groups is 3. The normalized spacial score (nSPS) is 17.2. The number of nitrogens with zero attached hydrogens (tertiary/aromatic N) is 2. The van der Waals surface area contributed by atoms with Crippen molar-refractivity contribution in [1.29, 1.82) is 0 Å². The molecule has 8 nitrogen and oxygen atoms in total. The van der Waals surface area contributed by atoms with Gasteiger partial charge < -0.3 is 18.8 Å². The van der Waals surface area contributed by atoms with Gasteiger partial charge in [0.1, 0.15) is 6.04 Å². The van der Waals surface area contributed by atoms with Crippen LogP contribution in [0.15, 0.2) is 65.3 Å². The van der Waals surface area contributed by atoms with Crippen LogP contribution in [0.4, 0.5) is 5.69 Å². The monoisotopic (exact) mass is 432 g/mol. The third kappa shape index (κ3) is 3.49. The van der Waals surface area contributed by atoms with Crippen molar-refractivity contribution in [3.63, 3.8) is 0 Å². The van der Waals surface area contributed by atoms with E-state index < -0.39 is 17.9 Å². The smallest absolute Gasteiger partial charge is 0.290 e. The number of furan rings is 1. The molecule has 3 aromatic rings. The minimum atomic E-state index is -0.952. The quantitative estimate of drug-likeness (QED) is 0.575. The van der Waals surface area contributed by atoms with Gasteiger partial charge in [-0.25, -0.2) is 4.90 Å². The Morgan fingerprint density at radius 3 is 2.59 bits per heavy atom. The maximum absolute atomic E-state index is 13.3. The zero-order valence-corrected chi connectivity index (χ0v) is 17.3. The number of anilines is 1. The van der Waals surface area contributed by atoms with Crippen molar-refractivity contribution in [2.45, 2.75) is 25.9 Å². The molecule has 162 valence electrons. The SMILES string of the molecule is Cc1ccc(N2C(=O)CC(N(Cc3ccc4c(c3)OCO4)C(=O)c3ccco3)C2=O)cc1. The Hall–Kier alpha value is -4.07. The summed E-state index contributed by atoms with van der Waals surface area (Å²) in [6.45, 7) is 2.16. The molecule has 3 amide bonds. The van der Waals surface area contributed by atoms with Gasteiger partial charge in [-0.05, 0) is 48.9 Å². The summed E-state index contributed by atoms with van der Waals surface area (Å²) in [5.41, 5.74) is 2.24. The number of imide groups is 1. The van der Waals surface area contributed by atoms with Crippen molar-refractivity contribution < 1.29 is 28.3 Å². The molecule has 0 aliphatic carbocycles. The summed E-state index contributed by atoms with van der Waals surface area (Å²) in [7, 11) is 0. The van der Waals surface area contributed by atoms with Crippen LogP contribution >= 0.6 is 0 Å². The molecule has 1 aromatic heterocycles. The minimum absolute atomic E-state index is 0.0970. The number of hydrogen-bond donors (Lipinski definition) is 0. The molecular weight excluding hydrogens is 412 g/mol. The fourth-order valence-electron chi connectivity index (χ4n) is 3.93. The van der Waals surface area contributed by atoms with Gasteiger partial charge in [0.15, 0.2) is 17.3 Å². The molecule has 0 N–H and O–H groups in total. The largest absolute Gasteiger partial charge is 0.459 e. The fraction of sp³-hybridized carbons (Fsp3) is 0.208. The van der Waals surface area contributed by atoms with E-state index in [1.54, 1.807) is 36.4 Å². The second-order valence-corrected chi connectivity index (χ2v) is 7.72. The molecule has 0 saturated carbocycles. The van der Waals surface area contributed by atoms with E-state index in [4.69, 9.17) is 13.9 Å². The van der Waals surface area contributed by atoms with Crippen LogP contribution in [0.1, 0.15) is 28.1 Å². The Balaban J connectivity index is 1.47. The predicted octanol–water partition coefficient (Wildman–Crippen LogP) is 3.29. The molecule has 2 aliphatic rings. The molecule has 1 unspecified atom stereocenters. The average molecular weight is 432 g/mol. The third-order valence-corrected chi connectivity index (χ3v) is 5.57. The molecule has 32 heavy (non-hydrogen) atoms. The Labute approximate surface area is 183 Å². The topological polar surface area (TPSA) is 89.3 Å². The standard InChI is InChI=1S/C24H20N2O6/c1-15-4-7-17(8-5-15)26-22(27)12-18(23(26)28)25(24(29)20-3-2-10-30-20)13-16-6-9-19-21(11-16)32-14-31-19/h2-11,18H,12-14H2,1H3. The van der Waals surface area contributed by atoms with Crippen LogP contribution in [0.5, 0.6) is 11.5 Å². The van der Waals surface area contributed by atoms with Crippen LogP contribution in [0.3, 0.4) is 0 Å². The average Bonchev–Trinajstić information content (AvgIpc) is 3.53. The highest BCUT2D eigenvalue weighted by Gasteiger charge is 2.45. The van der Waals surface area contributed by atoms with Crippen LogP contribution in [-0.2, 0) is 16.1 Å². The summed E-state index contributed by atoms with van der Waals surface area (Å²) in [6.07, 6.45) is 1.29. The van der Waals surface area contributed by atoms with Crippen molar-refractivity contribution in [2.75, 3.05) is 11.7 Å². The summed E-state index contributed by atoms with van der Waals surface area (Å²) in [4.78, 5) is 41.9. The van der Waals surface area contributed by atoms with Gasteiger partial charge in [0.25, 0.3) is 11.8 Å². The summed E-state index contributed by atoms with van der Waals surface area (Å²) < 4.78 is 16.1. The predicted molar refractivity (Wildman–Crippen MR) is 113 cm³/mol. The number of rotatable bonds is 5. The van der Waals surface area contributed by atoms with Crippen molar-refractivity contribution in [3.8, 4) is 11.5 Å². The highest BCUT2D eigenvalue weighted by atomic mass is 16.7. The number of aryl methyl sites for hydroxylation is 1. The molecule has 5 rings (SSSR count). The van der Waals surface area contributed by atoms with Gasteiger partial charge in [-0.2, -0.15) is 0 Å². The van der Waals surface area contributed by atoms with Crippen molar-refractivity contribution >= 4 is 23.4 Å². The Morgan fingerprint density at radius 1 is 1.06 bits per heavy atom. The van der Waals surface area contributed by atoms with E-state index in [2.05, 4.69) is 0 Å². The van der Waals surface area contributed by atoms with Crippen molar-refractivity contribution in [3.05, 3.63) is 77.7 Å². The van der Waals surface area contributed by atoms with Crippen LogP contribution in [-0.4, -0.2) is 35.5 Å². The maximum Gasteiger partial charge on any atom is 0.290 e. The van der Waals surface area contributed by atoms with E-state index in [9.17, 15) is 14.4 Å². The zero-order chi connectivity index (χ0) is 22.2. The molecule has 8 heteroatoms. The molecule has 0 radical (unpaired) electrons. The first-order valence-corrected chi connectivity index (χ1v) is 10.2. The van der Waals surface area contributed by atoms with Gasteiger partial charge in [-0.15, -0.1) is 0 Å². The van der Waals surface area contributed by atoms with Gasteiger partial charge in [-0.3, -0.25) is 14.4 Å². The lowest BCUT2D eigenvalue weighted by molar-refractivity contribution is -0.122. The van der Waals surface area contributed by atoms with Gasteiger partial charge in [0.05, 0.1) is 18.4 Å². The number of benzene rings is 2. The number of fused-ring (bicyclic) bond motifs is 1. The first-order chi connectivity index (χ1) is 15.5. The molecule has 1 fully saturated rings. The van der Waals surface area contributed by atoms with E-state index in [0.29, 0.717) is 17.2 Å². The lowest BCUT2D eigenvalue weighted by Gasteiger charge is -2.27. The highest BCUT2D eigenvalue weighted by Crippen LogP contribution is 2.34. The molecule has 0 spiro atoms. The summed E-state index contributed by atoms with van der Waals surface area (Å²) in [6, 6.07) is 14.6. The lowest BCUT2D eigenvalue weighted by atomic mass is 10.1. The van der Waals surface area contributed by atoms with E-state index >= 15 is 0 Å². The molecule has 2 aromatic carbocycles. The second kappa shape index (κ2) is 7.88. The van der Waals surface area contributed by atoms with Crippen LogP contribution < -0.4 is 14.4 Å². The second-order valence-electron chi connectivity index (χ2n) is 7.72. The van der Waals surface area contributed by atoms with E-state index in [-0.39, 0.29) is 31.4 Å². The van der Waals surface area contributed by atoms with E-state index in [1.165, 1.54) is 17.2 Å². The lowest BCUT2D eigenvalue weighted by Crippen LogP contribution is -2.45. The Bertz CT molecular complexity index is 1190. The minimum Gasteiger partial charge on any atom is -0.459 e. The van der Waals surface area contributed by atoms with Gasteiger partial charge >= 0.3 is 0 Å². The van der Waals surface area contributed by atoms with Crippen molar-refractivity contribution in [1.82, 2.24) is 4.90 Å². The van der Waals surface area contributed by atoms with E-state index in [1.807, 2.05) is 19.1 Å². The van der Waals surface area contributed by atoms with E-state index in [0.717, 1.165) is 16.0 Å². The Morgan fingerprint density at radius 2 is 1.84 bits per heavy atom. The molecular formula is C24H20N2O6. The number of amides is 3. The number of ether oxygens (including phenoxy) is 2. The third-order valence-electron chi connectivity index (χ3n) is 5.57. The molecule has 0 bridgehead atoms. The zero-order valence-electron chi connectivity index (χ0n) is 17.3. The maximum atomic E-state index is 13.3. The first kappa shape index (κ1) is 19.9. The molecule has 3 heterocycles. The molecule has 1 saturated heterocycles. The molecule has 2 aliphatic heterocycles. The first-order valence-electron chi connectivity index (χ1n) is 10.2. The van der Waals surface area contributed by atoms with Crippen LogP contribution in [0.2, 0.25) is 0 Å². The van der Waals surface area contributed by atoms with Gasteiger partial charge in [-0.1, -0.05) is 23.8 Å². The summed E-state index contributed by atoms with van der Waals surface area (Å²) in [5, 5.41) is 0. The number of carbonyl (C=O) groups excluding carboxylic acids is 3. The summed E-state index contributed by atoms with van der Waals surface area (Å²) >= 11 is 0. The van der Waals surface area contributed by atoms with Crippen LogP contribution in [0, 0.1) is 6.92 Å². The van der Waals surface area contributed by atoms with Crippen molar-refractivity contribution in [2.24, 2.45) is 0 Å². The van der Waals surface area contributed by atoms with Gasteiger partial charge in [0, 0.05) is 6.54 Å². The molecule has 1 atom stereocenters. The number of hydrogen-bond acceptors (Lipinski definition) is 6.